The summed E-state index contributed by atoms with van der Waals surface area (Å²) in [5.74, 6) is -0.00893. The molecule has 0 radical (unpaired) electrons. The molecule has 0 saturated carbocycles. The smallest absolute Gasteiger partial charge is 0.282 e. The molecular weight excluding hydrogens is 262 g/mol. The molecule has 0 saturated heterocycles. The molecule has 0 spiro atoms. The molecule has 0 heterocycles. The summed E-state index contributed by atoms with van der Waals surface area (Å²) in [4.78, 5) is 0.129. The number of nitrogens with zero attached hydrogens (tertiary/aromatic N) is 1. The second-order valence-electron chi connectivity index (χ2n) is 4.08. The predicted molar refractivity (Wildman–Crippen MR) is 74.1 cm³/mol. The van der Waals surface area contributed by atoms with Crippen LogP contribution in [0.1, 0.15) is 11.1 Å². The number of aromatic hydroxyl groups is 1. The number of hydrogen-bond acceptors (Lipinski definition) is 3. The van der Waals surface area contributed by atoms with Gasteiger partial charge in [-0.15, -0.1) is 0 Å². The lowest BCUT2D eigenvalue weighted by Gasteiger charge is -2.00. The van der Waals surface area contributed by atoms with Crippen molar-refractivity contribution in [2.75, 3.05) is 0 Å². The topological polar surface area (TPSA) is 66.7 Å². The third-order valence-corrected chi connectivity index (χ3v) is 3.84. The van der Waals surface area contributed by atoms with E-state index in [0.29, 0.717) is 5.56 Å². The number of hydrogen-bond donors (Lipinski definition) is 1. The van der Waals surface area contributed by atoms with E-state index in [9.17, 15) is 13.5 Å². The Morgan fingerprint density at radius 2 is 1.68 bits per heavy atom. The molecule has 1 N–H and O–H groups in total. The van der Waals surface area contributed by atoms with Crippen LogP contribution in [0.3, 0.4) is 0 Å². The fraction of sp³-hybridized carbons (Fsp3) is 0.0714. The fourth-order valence-electron chi connectivity index (χ4n) is 1.49. The molecule has 0 aliphatic heterocycles. The number of benzene rings is 2. The Bertz CT molecular complexity index is 704. The molecule has 0 aromatic heterocycles. The fourth-order valence-corrected chi connectivity index (χ4v) is 2.35. The SMILES string of the molecule is Cc1ccc(S(=O)(=O)/N=C/c2ccccc2O)cc1. The van der Waals surface area contributed by atoms with Gasteiger partial charge in [-0.25, -0.2) is 0 Å². The minimum Gasteiger partial charge on any atom is -0.507 e. The van der Waals surface area contributed by atoms with Crippen LogP contribution in [0.15, 0.2) is 57.8 Å². The zero-order valence-electron chi connectivity index (χ0n) is 10.3. The zero-order chi connectivity index (χ0) is 13.9. The Balaban J connectivity index is 2.32. The van der Waals surface area contributed by atoms with E-state index in [-0.39, 0.29) is 10.6 Å². The molecule has 0 unspecified atom stereocenters. The molecule has 98 valence electrons. The number of para-hydroxylation sites is 1. The van der Waals surface area contributed by atoms with Crippen molar-refractivity contribution in [1.29, 1.82) is 0 Å². The summed E-state index contributed by atoms with van der Waals surface area (Å²) in [5, 5.41) is 9.53. The maximum atomic E-state index is 11.9. The molecule has 0 bridgehead atoms. The molecule has 4 nitrogen and oxygen atoms in total. The maximum Gasteiger partial charge on any atom is 0.282 e. The van der Waals surface area contributed by atoms with Crippen LogP contribution in [0.4, 0.5) is 0 Å². The van der Waals surface area contributed by atoms with Gasteiger partial charge in [0.05, 0.1) is 11.1 Å². The normalized spacial score (nSPS) is 11.8. The summed E-state index contributed by atoms with van der Waals surface area (Å²) in [7, 11) is -3.73. The molecule has 5 heteroatoms. The standard InChI is InChI=1S/C14H13NO3S/c1-11-6-8-13(9-7-11)19(17,18)15-10-12-4-2-3-5-14(12)16/h2-10,16H,1H3/b15-10+. The summed E-state index contributed by atoms with van der Waals surface area (Å²) in [6.45, 7) is 1.88. The lowest BCUT2D eigenvalue weighted by Crippen LogP contribution is -1.97. The summed E-state index contributed by atoms with van der Waals surface area (Å²) >= 11 is 0. The Morgan fingerprint density at radius 3 is 2.32 bits per heavy atom. The quantitative estimate of drug-likeness (QED) is 0.875. The highest BCUT2D eigenvalue weighted by Gasteiger charge is 2.11. The van der Waals surface area contributed by atoms with Crippen molar-refractivity contribution in [1.82, 2.24) is 0 Å². The van der Waals surface area contributed by atoms with E-state index < -0.39 is 10.0 Å². The van der Waals surface area contributed by atoms with Crippen LogP contribution in [0.5, 0.6) is 5.75 Å². The van der Waals surface area contributed by atoms with Crippen LogP contribution in [0, 0.1) is 6.92 Å². The first-order valence-corrected chi connectivity index (χ1v) is 7.08. The molecule has 0 aliphatic carbocycles. The monoisotopic (exact) mass is 275 g/mol. The summed E-state index contributed by atoms with van der Waals surface area (Å²) in [5.41, 5.74) is 1.34. The molecule has 19 heavy (non-hydrogen) atoms. The van der Waals surface area contributed by atoms with Crippen LogP contribution in [-0.4, -0.2) is 19.7 Å². The number of phenolic OH excluding ortho intramolecular Hbond substituents is 1. The van der Waals surface area contributed by atoms with E-state index >= 15 is 0 Å². The van der Waals surface area contributed by atoms with Crippen molar-refractivity contribution in [3.05, 3.63) is 59.7 Å². The Labute approximate surface area is 112 Å². The summed E-state index contributed by atoms with van der Waals surface area (Å²) in [6.07, 6.45) is 1.14. The van der Waals surface area contributed by atoms with Gasteiger partial charge >= 0.3 is 0 Å². The van der Waals surface area contributed by atoms with Gasteiger partial charge in [-0.2, -0.15) is 12.8 Å². The van der Waals surface area contributed by atoms with Crippen molar-refractivity contribution in [2.24, 2.45) is 4.40 Å². The summed E-state index contributed by atoms with van der Waals surface area (Å²) < 4.78 is 27.5. The second-order valence-corrected chi connectivity index (χ2v) is 5.71. The Hall–Kier alpha value is -2.14. The third kappa shape index (κ3) is 3.20. The lowest BCUT2D eigenvalue weighted by molar-refractivity contribution is 0.474. The van der Waals surface area contributed by atoms with Crippen molar-refractivity contribution >= 4 is 16.2 Å². The third-order valence-electron chi connectivity index (χ3n) is 2.59. The first-order valence-electron chi connectivity index (χ1n) is 5.64. The number of phenols is 1. The molecule has 0 fully saturated rings. The van der Waals surface area contributed by atoms with E-state index in [1.165, 1.54) is 18.2 Å². The highest BCUT2D eigenvalue weighted by atomic mass is 32.2. The van der Waals surface area contributed by atoms with Gasteiger partial charge in [-0.3, -0.25) is 0 Å². The first-order chi connectivity index (χ1) is 8.99. The van der Waals surface area contributed by atoms with Gasteiger partial charge in [0.2, 0.25) is 0 Å². The van der Waals surface area contributed by atoms with E-state index in [1.807, 2.05) is 6.92 Å². The number of sulfonamides is 1. The second kappa shape index (κ2) is 5.24. The van der Waals surface area contributed by atoms with Crippen molar-refractivity contribution in [3.8, 4) is 5.75 Å². The van der Waals surface area contributed by atoms with Crippen molar-refractivity contribution < 1.29 is 13.5 Å². The van der Waals surface area contributed by atoms with Gasteiger partial charge in [0, 0.05) is 5.56 Å². The van der Waals surface area contributed by atoms with E-state index in [2.05, 4.69) is 4.40 Å². The van der Waals surface area contributed by atoms with Gasteiger partial charge < -0.3 is 5.11 Å². The van der Waals surface area contributed by atoms with Gasteiger partial charge in [0.25, 0.3) is 10.0 Å². The van der Waals surface area contributed by atoms with E-state index in [1.54, 1.807) is 30.3 Å². The average molecular weight is 275 g/mol. The molecule has 2 aromatic rings. The van der Waals surface area contributed by atoms with E-state index in [0.717, 1.165) is 11.8 Å². The zero-order valence-corrected chi connectivity index (χ0v) is 11.1. The van der Waals surface area contributed by atoms with Gasteiger partial charge in [-0.05, 0) is 31.2 Å². The van der Waals surface area contributed by atoms with Crippen molar-refractivity contribution in [3.63, 3.8) is 0 Å². The molecule has 2 aromatic carbocycles. The van der Waals surface area contributed by atoms with Crippen molar-refractivity contribution in [2.45, 2.75) is 11.8 Å². The largest absolute Gasteiger partial charge is 0.507 e. The molecule has 2 rings (SSSR count). The highest BCUT2D eigenvalue weighted by Crippen LogP contribution is 2.16. The molecule has 0 atom stereocenters. The predicted octanol–water partition coefficient (Wildman–Crippen LogP) is 2.51. The minimum absolute atomic E-state index is 0.00893. The van der Waals surface area contributed by atoms with E-state index in [4.69, 9.17) is 0 Å². The van der Waals surface area contributed by atoms with Crippen LogP contribution < -0.4 is 0 Å². The van der Waals surface area contributed by atoms with Gasteiger partial charge in [-0.1, -0.05) is 29.8 Å². The average Bonchev–Trinajstić information content (AvgIpc) is 2.38. The maximum absolute atomic E-state index is 11.9. The first kappa shape index (κ1) is 13.3. The molecule has 0 amide bonds. The Morgan fingerprint density at radius 1 is 1.05 bits per heavy atom. The van der Waals surface area contributed by atoms with Crippen LogP contribution in [-0.2, 0) is 10.0 Å². The van der Waals surface area contributed by atoms with Gasteiger partial charge in [0.1, 0.15) is 5.75 Å². The minimum atomic E-state index is -3.73. The van der Waals surface area contributed by atoms with Gasteiger partial charge in [0.15, 0.2) is 0 Å². The Kier molecular flexibility index (Phi) is 3.66. The van der Waals surface area contributed by atoms with Crippen LogP contribution in [0.2, 0.25) is 0 Å². The number of aryl methyl sites for hydroxylation is 1. The van der Waals surface area contributed by atoms with Crippen LogP contribution in [0.25, 0.3) is 0 Å². The van der Waals surface area contributed by atoms with Crippen LogP contribution >= 0.6 is 0 Å². The summed E-state index contributed by atoms with van der Waals surface area (Å²) in [6, 6.07) is 12.8. The molecular formula is C14H13NO3S. The molecule has 0 aliphatic rings. The lowest BCUT2D eigenvalue weighted by atomic mass is 10.2. The number of rotatable bonds is 3. The highest BCUT2D eigenvalue weighted by molar-refractivity contribution is 7.90.